The number of carbonyl (C=O) groups excluding carboxylic acids is 3. The third-order valence-corrected chi connectivity index (χ3v) is 6.23. The van der Waals surface area contributed by atoms with Crippen molar-refractivity contribution in [3.05, 3.63) is 35.4 Å². The van der Waals surface area contributed by atoms with Gasteiger partial charge in [-0.15, -0.1) is 0 Å². The summed E-state index contributed by atoms with van der Waals surface area (Å²) in [7, 11) is 1.50. The number of nitrogens with one attached hydrogen (secondary N) is 1. The lowest BCUT2D eigenvalue weighted by Crippen LogP contribution is -2.56. The third kappa shape index (κ3) is 3.17. The largest absolute Gasteiger partial charge is 0.465 e. The number of imide groups is 1. The maximum absolute atomic E-state index is 13.0. The smallest absolute Gasteiger partial charge is 0.327 e. The molecule has 0 unspecified atom stereocenters. The molecule has 3 rings (SSSR count). The molecule has 0 radical (unpaired) electrons. The molecule has 6 nitrogen and oxygen atoms in total. The fourth-order valence-electron chi connectivity index (χ4n) is 4.34. The Balaban J connectivity index is 2.12. The number of benzene rings is 1. The zero-order valence-corrected chi connectivity index (χ0v) is 17.0. The molecule has 2 saturated heterocycles. The number of esters is 1. The number of hydrogen-bond acceptors (Lipinski definition) is 6. The molecule has 2 amide bonds. The summed E-state index contributed by atoms with van der Waals surface area (Å²) in [5, 5.41) is 3.39. The van der Waals surface area contributed by atoms with Crippen LogP contribution in [0.4, 0.5) is 0 Å². The highest BCUT2D eigenvalue weighted by Crippen LogP contribution is 2.50. The van der Waals surface area contributed by atoms with Crippen molar-refractivity contribution in [2.45, 2.75) is 31.8 Å². The van der Waals surface area contributed by atoms with Gasteiger partial charge in [-0.1, -0.05) is 29.8 Å². The van der Waals surface area contributed by atoms with Crippen LogP contribution in [0.1, 0.15) is 30.5 Å². The van der Waals surface area contributed by atoms with Gasteiger partial charge < -0.3 is 4.74 Å². The maximum atomic E-state index is 13.0. The standard InChI is InChI=1S/C20H26N2O4S/c1-5-26-19(25)20(9-10-27-4)15-14(17(23)22(3)18(15)24)16(21-20)13-8-6-7-12(2)11-13/h6-8,11,14-16,21H,5,9-10H2,1-4H3/t14-,15+,16-,20-/m0/s1. The van der Waals surface area contributed by atoms with Gasteiger partial charge in [0.2, 0.25) is 11.8 Å². The van der Waals surface area contributed by atoms with Crippen LogP contribution in [-0.2, 0) is 19.1 Å². The van der Waals surface area contributed by atoms with Crippen molar-refractivity contribution in [2.24, 2.45) is 11.8 Å². The summed E-state index contributed by atoms with van der Waals surface area (Å²) in [5.74, 6) is -1.65. The van der Waals surface area contributed by atoms with Gasteiger partial charge in [-0.2, -0.15) is 11.8 Å². The van der Waals surface area contributed by atoms with Crippen molar-refractivity contribution >= 4 is 29.5 Å². The SMILES string of the molecule is CCOC(=O)[C@@]1(CCSC)N[C@@H](c2cccc(C)c2)[C@H]2C(=O)N(C)C(=O)[C@@H]21. The molecule has 0 aliphatic carbocycles. The minimum atomic E-state index is -1.18. The van der Waals surface area contributed by atoms with E-state index in [1.165, 1.54) is 11.9 Å². The van der Waals surface area contributed by atoms with Crippen molar-refractivity contribution in [1.29, 1.82) is 0 Å². The molecule has 1 N–H and O–H groups in total. The summed E-state index contributed by atoms with van der Waals surface area (Å²) in [6.45, 7) is 3.96. The van der Waals surface area contributed by atoms with Crippen LogP contribution in [0, 0.1) is 18.8 Å². The van der Waals surface area contributed by atoms with Gasteiger partial charge in [0.25, 0.3) is 0 Å². The summed E-state index contributed by atoms with van der Waals surface area (Å²) in [5.41, 5.74) is 0.792. The molecule has 2 fully saturated rings. The van der Waals surface area contributed by atoms with E-state index >= 15 is 0 Å². The summed E-state index contributed by atoms with van der Waals surface area (Å²) >= 11 is 1.60. The molecule has 1 aromatic carbocycles. The number of amides is 2. The van der Waals surface area contributed by atoms with E-state index in [2.05, 4.69) is 5.32 Å². The second-order valence-corrected chi connectivity index (χ2v) is 8.20. The minimum absolute atomic E-state index is 0.228. The Morgan fingerprint density at radius 2 is 2.07 bits per heavy atom. The van der Waals surface area contributed by atoms with Crippen LogP contribution in [0.15, 0.2) is 24.3 Å². The highest BCUT2D eigenvalue weighted by atomic mass is 32.2. The molecule has 0 bridgehead atoms. The van der Waals surface area contributed by atoms with E-state index in [1.807, 2.05) is 37.4 Å². The Morgan fingerprint density at radius 3 is 2.70 bits per heavy atom. The molecule has 2 aliphatic rings. The molecule has 0 aromatic heterocycles. The topological polar surface area (TPSA) is 75.7 Å². The lowest BCUT2D eigenvalue weighted by Gasteiger charge is -2.32. The van der Waals surface area contributed by atoms with Crippen molar-refractivity contribution < 1.29 is 19.1 Å². The first kappa shape index (κ1) is 19.9. The Bertz CT molecular complexity index is 768. The molecule has 146 valence electrons. The lowest BCUT2D eigenvalue weighted by atomic mass is 9.77. The van der Waals surface area contributed by atoms with E-state index < -0.39 is 29.4 Å². The lowest BCUT2D eigenvalue weighted by molar-refractivity contribution is -0.156. The fraction of sp³-hybridized carbons (Fsp3) is 0.550. The summed E-state index contributed by atoms with van der Waals surface area (Å²) in [6.07, 6.45) is 2.39. The van der Waals surface area contributed by atoms with E-state index in [0.717, 1.165) is 11.1 Å². The van der Waals surface area contributed by atoms with Gasteiger partial charge in [0, 0.05) is 13.1 Å². The van der Waals surface area contributed by atoms with Crippen molar-refractivity contribution in [1.82, 2.24) is 10.2 Å². The van der Waals surface area contributed by atoms with E-state index in [4.69, 9.17) is 4.74 Å². The van der Waals surface area contributed by atoms with Crippen LogP contribution >= 0.6 is 11.8 Å². The predicted molar refractivity (Wildman–Crippen MR) is 104 cm³/mol. The molecular weight excluding hydrogens is 364 g/mol. The quantitative estimate of drug-likeness (QED) is 0.591. The first-order valence-electron chi connectivity index (χ1n) is 9.19. The molecular formula is C20H26N2O4S. The molecule has 1 aromatic rings. The third-order valence-electron chi connectivity index (χ3n) is 5.62. The molecule has 0 spiro atoms. The highest BCUT2D eigenvalue weighted by molar-refractivity contribution is 7.98. The number of likely N-dealkylation sites (tertiary alicyclic amines) is 1. The fourth-order valence-corrected chi connectivity index (χ4v) is 4.87. The predicted octanol–water partition coefficient (Wildman–Crippen LogP) is 1.93. The van der Waals surface area contributed by atoms with Crippen molar-refractivity contribution in [3.8, 4) is 0 Å². The molecule has 4 atom stereocenters. The molecule has 0 saturated carbocycles. The van der Waals surface area contributed by atoms with Gasteiger partial charge in [0.15, 0.2) is 0 Å². The second kappa shape index (κ2) is 7.64. The van der Waals surface area contributed by atoms with Gasteiger partial charge in [-0.25, -0.2) is 0 Å². The van der Waals surface area contributed by atoms with E-state index in [1.54, 1.807) is 18.7 Å². The number of rotatable bonds is 6. The zero-order valence-electron chi connectivity index (χ0n) is 16.2. The molecule has 2 heterocycles. The number of nitrogens with zero attached hydrogens (tertiary/aromatic N) is 1. The van der Waals surface area contributed by atoms with Gasteiger partial charge >= 0.3 is 5.97 Å². The van der Waals surface area contributed by atoms with Crippen LogP contribution in [0.2, 0.25) is 0 Å². The average molecular weight is 391 g/mol. The number of thioether (sulfide) groups is 1. The Kier molecular flexibility index (Phi) is 5.63. The monoisotopic (exact) mass is 390 g/mol. The normalized spacial score (nSPS) is 29.9. The molecule has 7 heteroatoms. The van der Waals surface area contributed by atoms with Crippen LogP contribution in [0.3, 0.4) is 0 Å². The first-order chi connectivity index (χ1) is 12.9. The Hall–Kier alpha value is -1.86. The molecule has 27 heavy (non-hydrogen) atoms. The maximum Gasteiger partial charge on any atom is 0.327 e. The van der Waals surface area contributed by atoms with E-state index in [0.29, 0.717) is 12.2 Å². The summed E-state index contributed by atoms with van der Waals surface area (Å²) in [6, 6.07) is 7.45. The van der Waals surface area contributed by atoms with Crippen LogP contribution in [0.25, 0.3) is 0 Å². The van der Waals surface area contributed by atoms with Gasteiger partial charge in [0.1, 0.15) is 5.54 Å². The number of fused-ring (bicyclic) bond motifs is 1. The summed E-state index contributed by atoms with van der Waals surface area (Å²) in [4.78, 5) is 40.1. The van der Waals surface area contributed by atoms with Gasteiger partial charge in [-0.3, -0.25) is 24.6 Å². The number of hydrogen-bond donors (Lipinski definition) is 1. The van der Waals surface area contributed by atoms with Crippen LogP contribution in [-0.4, -0.2) is 53.9 Å². The second-order valence-electron chi connectivity index (χ2n) is 7.21. The highest BCUT2D eigenvalue weighted by Gasteiger charge is 2.67. The van der Waals surface area contributed by atoms with Crippen LogP contribution < -0.4 is 5.32 Å². The van der Waals surface area contributed by atoms with Crippen molar-refractivity contribution in [2.75, 3.05) is 25.7 Å². The molecule has 2 aliphatic heterocycles. The van der Waals surface area contributed by atoms with Gasteiger partial charge in [-0.05, 0) is 37.8 Å². The minimum Gasteiger partial charge on any atom is -0.465 e. The Labute approximate surface area is 164 Å². The van der Waals surface area contributed by atoms with E-state index in [9.17, 15) is 14.4 Å². The summed E-state index contributed by atoms with van der Waals surface area (Å²) < 4.78 is 5.37. The number of ether oxygens (including phenoxy) is 1. The average Bonchev–Trinajstić information content (AvgIpc) is 3.11. The number of aryl methyl sites for hydroxylation is 1. The Morgan fingerprint density at radius 1 is 1.33 bits per heavy atom. The van der Waals surface area contributed by atoms with Crippen LogP contribution in [0.5, 0.6) is 0 Å². The number of carbonyl (C=O) groups is 3. The zero-order chi connectivity index (χ0) is 19.8. The van der Waals surface area contributed by atoms with Crippen molar-refractivity contribution in [3.63, 3.8) is 0 Å². The van der Waals surface area contributed by atoms with E-state index in [-0.39, 0.29) is 18.4 Å². The first-order valence-corrected chi connectivity index (χ1v) is 10.6. The van der Waals surface area contributed by atoms with Gasteiger partial charge in [0.05, 0.1) is 18.4 Å².